The zero-order valence-corrected chi connectivity index (χ0v) is 15.7. The smallest absolute Gasteiger partial charge is 0.227 e. The van der Waals surface area contributed by atoms with Crippen molar-refractivity contribution in [3.05, 3.63) is 29.8 Å². The maximum atomic E-state index is 12.2. The topological polar surface area (TPSA) is 70.7 Å². The lowest BCUT2D eigenvalue weighted by Gasteiger charge is -2.17. The fourth-order valence-electron chi connectivity index (χ4n) is 2.76. The van der Waals surface area contributed by atoms with Crippen molar-refractivity contribution < 1.29 is 14.3 Å². The van der Waals surface area contributed by atoms with Crippen LogP contribution in [0, 0.1) is 5.92 Å². The van der Waals surface area contributed by atoms with Crippen LogP contribution in [-0.4, -0.2) is 51.7 Å². The molecular weight excluding hydrogens is 342 g/mol. The molecule has 0 aliphatic carbocycles. The first-order valence-electron chi connectivity index (χ1n) is 8.52. The number of carbonyl (C=O) groups is 2. The first kappa shape index (κ1) is 21.4. The highest BCUT2D eigenvalue weighted by Crippen LogP contribution is 2.25. The monoisotopic (exact) mass is 369 g/mol. The molecule has 0 aromatic heterocycles. The average molecular weight is 370 g/mol. The fraction of sp³-hybridized carbons (Fsp3) is 0.556. The van der Waals surface area contributed by atoms with Crippen LogP contribution in [0.25, 0.3) is 0 Å². The average Bonchev–Trinajstić information content (AvgIpc) is 3.00. The minimum atomic E-state index is -0.276. The van der Waals surface area contributed by atoms with Crippen LogP contribution < -0.4 is 15.5 Å². The molecule has 0 radical (unpaired) electrons. The Labute approximate surface area is 155 Å². The molecule has 0 bridgehead atoms. The summed E-state index contributed by atoms with van der Waals surface area (Å²) in [7, 11) is 1.65. The van der Waals surface area contributed by atoms with E-state index in [-0.39, 0.29) is 36.6 Å². The molecule has 1 unspecified atom stereocenters. The SMILES string of the molecule is CCc1ccc(N2CC(C(=O)NCCNCCOC)CC2=O)cc1.Cl. The van der Waals surface area contributed by atoms with Crippen LogP contribution in [0.4, 0.5) is 5.69 Å². The third-order valence-corrected chi connectivity index (χ3v) is 4.24. The van der Waals surface area contributed by atoms with E-state index < -0.39 is 0 Å². The van der Waals surface area contributed by atoms with Crippen LogP contribution >= 0.6 is 12.4 Å². The summed E-state index contributed by atoms with van der Waals surface area (Å²) < 4.78 is 4.94. The number of benzene rings is 1. The molecule has 6 nitrogen and oxygen atoms in total. The summed E-state index contributed by atoms with van der Waals surface area (Å²) in [6.07, 6.45) is 1.25. The van der Waals surface area contributed by atoms with Gasteiger partial charge in [0.1, 0.15) is 0 Å². The van der Waals surface area contributed by atoms with Gasteiger partial charge >= 0.3 is 0 Å². The second kappa shape index (κ2) is 11.1. The molecule has 25 heavy (non-hydrogen) atoms. The highest BCUT2D eigenvalue weighted by Gasteiger charge is 2.34. The number of nitrogens with zero attached hydrogens (tertiary/aromatic N) is 1. The summed E-state index contributed by atoms with van der Waals surface area (Å²) in [4.78, 5) is 26.1. The molecule has 1 aromatic carbocycles. The molecule has 140 valence electrons. The number of methoxy groups -OCH3 is 1. The summed E-state index contributed by atoms with van der Waals surface area (Å²) in [6, 6.07) is 7.97. The fourth-order valence-corrected chi connectivity index (χ4v) is 2.76. The Morgan fingerprint density at radius 1 is 1.24 bits per heavy atom. The van der Waals surface area contributed by atoms with Crippen LogP contribution in [0.1, 0.15) is 18.9 Å². The Hall–Kier alpha value is -1.63. The quantitative estimate of drug-likeness (QED) is 0.645. The van der Waals surface area contributed by atoms with Crippen molar-refractivity contribution >= 4 is 29.9 Å². The number of rotatable bonds is 9. The van der Waals surface area contributed by atoms with Gasteiger partial charge in [0.25, 0.3) is 0 Å². The second-order valence-electron chi connectivity index (χ2n) is 5.96. The van der Waals surface area contributed by atoms with Crippen molar-refractivity contribution in [2.24, 2.45) is 5.92 Å². The lowest BCUT2D eigenvalue weighted by atomic mass is 10.1. The molecule has 1 saturated heterocycles. The highest BCUT2D eigenvalue weighted by atomic mass is 35.5. The van der Waals surface area contributed by atoms with E-state index in [2.05, 4.69) is 17.6 Å². The van der Waals surface area contributed by atoms with Gasteiger partial charge in [0.2, 0.25) is 11.8 Å². The molecule has 1 heterocycles. The summed E-state index contributed by atoms with van der Waals surface area (Å²) in [5.74, 6) is -0.315. The minimum Gasteiger partial charge on any atom is -0.383 e. The van der Waals surface area contributed by atoms with Gasteiger partial charge in [-0.25, -0.2) is 0 Å². The van der Waals surface area contributed by atoms with Gasteiger partial charge in [-0.1, -0.05) is 19.1 Å². The lowest BCUT2D eigenvalue weighted by molar-refractivity contribution is -0.126. The van der Waals surface area contributed by atoms with Gasteiger partial charge < -0.3 is 20.3 Å². The Morgan fingerprint density at radius 2 is 1.96 bits per heavy atom. The van der Waals surface area contributed by atoms with E-state index in [1.165, 1.54) is 5.56 Å². The van der Waals surface area contributed by atoms with Crippen LogP contribution in [0.3, 0.4) is 0 Å². The first-order valence-corrected chi connectivity index (χ1v) is 8.52. The summed E-state index contributed by atoms with van der Waals surface area (Å²) in [5.41, 5.74) is 2.11. The van der Waals surface area contributed by atoms with Gasteiger partial charge in [-0.05, 0) is 24.1 Å². The molecule has 0 spiro atoms. The lowest BCUT2D eigenvalue weighted by Crippen LogP contribution is -2.37. The van der Waals surface area contributed by atoms with Gasteiger partial charge in [-0.2, -0.15) is 0 Å². The summed E-state index contributed by atoms with van der Waals surface area (Å²) >= 11 is 0. The normalized spacial score (nSPS) is 16.6. The Balaban J connectivity index is 0.00000312. The Bertz CT molecular complexity index is 551. The summed E-state index contributed by atoms with van der Waals surface area (Å²) in [5, 5.41) is 6.06. The summed E-state index contributed by atoms with van der Waals surface area (Å²) in [6.45, 7) is 5.21. The van der Waals surface area contributed by atoms with E-state index in [4.69, 9.17) is 4.74 Å². The number of anilines is 1. The van der Waals surface area contributed by atoms with Crippen molar-refractivity contribution in [2.45, 2.75) is 19.8 Å². The van der Waals surface area contributed by atoms with Crippen LogP contribution in [0.5, 0.6) is 0 Å². The van der Waals surface area contributed by atoms with Gasteiger partial charge in [-0.15, -0.1) is 12.4 Å². The number of hydrogen-bond donors (Lipinski definition) is 2. The molecular formula is C18H28ClN3O3. The van der Waals surface area contributed by atoms with Crippen LogP contribution in [0.15, 0.2) is 24.3 Å². The highest BCUT2D eigenvalue weighted by molar-refractivity contribution is 6.00. The van der Waals surface area contributed by atoms with E-state index >= 15 is 0 Å². The van der Waals surface area contributed by atoms with Gasteiger partial charge in [0, 0.05) is 45.4 Å². The number of nitrogens with one attached hydrogen (secondary N) is 2. The van der Waals surface area contributed by atoms with E-state index in [9.17, 15) is 9.59 Å². The van der Waals surface area contributed by atoms with E-state index in [0.717, 1.165) is 18.7 Å². The van der Waals surface area contributed by atoms with Gasteiger partial charge in [0.15, 0.2) is 0 Å². The number of carbonyl (C=O) groups excluding carboxylic acids is 2. The van der Waals surface area contributed by atoms with Crippen molar-refractivity contribution in [1.82, 2.24) is 10.6 Å². The second-order valence-corrected chi connectivity index (χ2v) is 5.96. The van der Waals surface area contributed by atoms with Gasteiger partial charge in [0.05, 0.1) is 12.5 Å². The molecule has 1 aromatic rings. The molecule has 2 amide bonds. The zero-order valence-electron chi connectivity index (χ0n) is 14.9. The molecule has 7 heteroatoms. The largest absolute Gasteiger partial charge is 0.383 e. The molecule has 2 rings (SSSR count). The molecule has 1 aliphatic heterocycles. The molecule has 1 aliphatic rings. The van der Waals surface area contributed by atoms with Crippen molar-refractivity contribution in [1.29, 1.82) is 0 Å². The Morgan fingerprint density at radius 3 is 2.60 bits per heavy atom. The van der Waals surface area contributed by atoms with Crippen LogP contribution in [-0.2, 0) is 20.7 Å². The van der Waals surface area contributed by atoms with Crippen molar-refractivity contribution in [3.8, 4) is 0 Å². The molecule has 1 atom stereocenters. The maximum absolute atomic E-state index is 12.2. The number of hydrogen-bond acceptors (Lipinski definition) is 4. The first-order chi connectivity index (χ1) is 11.7. The van der Waals surface area contributed by atoms with Crippen molar-refractivity contribution in [2.75, 3.05) is 44.8 Å². The Kier molecular flexibility index (Phi) is 9.49. The third kappa shape index (κ3) is 6.30. The van der Waals surface area contributed by atoms with Gasteiger partial charge in [-0.3, -0.25) is 9.59 Å². The molecule has 1 fully saturated rings. The van der Waals surface area contributed by atoms with E-state index in [1.54, 1.807) is 12.0 Å². The predicted octanol–water partition coefficient (Wildman–Crippen LogP) is 1.38. The number of halogens is 1. The maximum Gasteiger partial charge on any atom is 0.227 e. The van der Waals surface area contributed by atoms with Crippen LogP contribution in [0.2, 0.25) is 0 Å². The number of amides is 2. The van der Waals surface area contributed by atoms with E-state index in [1.807, 2.05) is 24.3 Å². The molecule has 2 N–H and O–H groups in total. The molecule has 0 saturated carbocycles. The standard InChI is InChI=1S/C18H27N3O3.ClH/c1-3-14-4-6-16(7-5-14)21-13-15(12-17(21)22)18(23)20-9-8-19-10-11-24-2;/h4-7,15,19H,3,8-13H2,1-2H3,(H,20,23);1H. The van der Waals surface area contributed by atoms with E-state index in [0.29, 0.717) is 26.2 Å². The predicted molar refractivity (Wildman–Crippen MR) is 101 cm³/mol. The number of ether oxygens (including phenoxy) is 1. The van der Waals surface area contributed by atoms with Crippen molar-refractivity contribution in [3.63, 3.8) is 0 Å². The third-order valence-electron chi connectivity index (χ3n) is 4.24. The zero-order chi connectivity index (χ0) is 17.4. The number of aryl methyl sites for hydroxylation is 1. The minimum absolute atomic E-state index is 0.